The number of aliphatic carboxylic acids is 1. The van der Waals surface area contributed by atoms with Crippen molar-refractivity contribution < 1.29 is 19.4 Å². The van der Waals surface area contributed by atoms with Crippen molar-refractivity contribution in [1.82, 2.24) is 0 Å². The summed E-state index contributed by atoms with van der Waals surface area (Å²) in [5, 5.41) is 8.89. The van der Waals surface area contributed by atoms with E-state index in [4.69, 9.17) is 9.84 Å². The number of allylic oxidation sites excluding steroid dienone is 12. The predicted molar refractivity (Wildman–Crippen MR) is 208 cm³/mol. The molecule has 0 rings (SSSR count). The highest BCUT2D eigenvalue weighted by molar-refractivity contribution is 5.69. The van der Waals surface area contributed by atoms with Crippen molar-refractivity contribution in [3.05, 3.63) is 72.9 Å². The van der Waals surface area contributed by atoms with E-state index >= 15 is 0 Å². The highest BCUT2D eigenvalue weighted by Crippen LogP contribution is 2.18. The van der Waals surface area contributed by atoms with Crippen molar-refractivity contribution in [3.63, 3.8) is 0 Å². The molecule has 0 radical (unpaired) electrons. The highest BCUT2D eigenvalue weighted by Gasteiger charge is 2.14. The zero-order chi connectivity index (χ0) is 35.0. The first-order valence-electron chi connectivity index (χ1n) is 19.9. The Kier molecular flexibility index (Phi) is 36.7. The molecule has 0 saturated heterocycles. The van der Waals surface area contributed by atoms with Crippen LogP contribution in [0, 0.1) is 0 Å². The molecule has 0 bridgehead atoms. The fourth-order valence-electron chi connectivity index (χ4n) is 5.54. The number of carbonyl (C=O) groups excluding carboxylic acids is 1. The summed E-state index contributed by atoms with van der Waals surface area (Å²) in [6, 6.07) is 0. The van der Waals surface area contributed by atoms with E-state index in [0.29, 0.717) is 12.8 Å². The fraction of sp³-hybridized carbons (Fsp3) is 0.682. The molecule has 1 unspecified atom stereocenters. The molecule has 0 aliphatic rings. The van der Waals surface area contributed by atoms with Crippen LogP contribution in [0.5, 0.6) is 0 Å². The van der Waals surface area contributed by atoms with Gasteiger partial charge in [0.15, 0.2) is 0 Å². The van der Waals surface area contributed by atoms with Gasteiger partial charge in [-0.05, 0) is 89.9 Å². The first-order valence-corrected chi connectivity index (χ1v) is 19.9. The molecule has 1 N–H and O–H groups in total. The van der Waals surface area contributed by atoms with Gasteiger partial charge < -0.3 is 9.84 Å². The van der Waals surface area contributed by atoms with Gasteiger partial charge in [-0.15, -0.1) is 0 Å². The van der Waals surface area contributed by atoms with Crippen molar-refractivity contribution in [2.45, 2.75) is 193 Å². The third kappa shape index (κ3) is 37.8. The lowest BCUT2D eigenvalue weighted by atomic mass is 10.0. The lowest BCUT2D eigenvalue weighted by Gasteiger charge is -2.18. The Morgan fingerprint density at radius 2 is 0.875 bits per heavy atom. The van der Waals surface area contributed by atoms with Gasteiger partial charge in [-0.25, -0.2) is 0 Å². The van der Waals surface area contributed by atoms with Crippen LogP contribution in [0.2, 0.25) is 0 Å². The van der Waals surface area contributed by atoms with E-state index in [1.807, 2.05) is 0 Å². The summed E-state index contributed by atoms with van der Waals surface area (Å²) in [6.07, 6.45) is 54.8. The third-order valence-corrected chi connectivity index (χ3v) is 8.44. The van der Waals surface area contributed by atoms with Crippen LogP contribution in [0.1, 0.15) is 187 Å². The van der Waals surface area contributed by atoms with Gasteiger partial charge in [0.1, 0.15) is 6.10 Å². The molecule has 1 atom stereocenters. The van der Waals surface area contributed by atoms with Gasteiger partial charge in [0, 0.05) is 12.8 Å². The van der Waals surface area contributed by atoms with E-state index in [1.165, 1.54) is 64.2 Å². The van der Waals surface area contributed by atoms with E-state index < -0.39 is 5.97 Å². The molecule has 0 heterocycles. The maximum Gasteiger partial charge on any atom is 0.306 e. The molecule has 0 amide bonds. The molecule has 0 fully saturated rings. The minimum Gasteiger partial charge on any atom is -0.481 e. The van der Waals surface area contributed by atoms with Crippen molar-refractivity contribution in [3.8, 4) is 0 Å². The maximum absolute atomic E-state index is 12.6. The van der Waals surface area contributed by atoms with Crippen molar-refractivity contribution in [1.29, 1.82) is 0 Å². The van der Waals surface area contributed by atoms with Gasteiger partial charge in [-0.2, -0.15) is 0 Å². The summed E-state index contributed by atoms with van der Waals surface area (Å²) in [5.41, 5.74) is 0. The lowest BCUT2D eigenvalue weighted by molar-refractivity contribution is -0.150. The van der Waals surface area contributed by atoms with Crippen LogP contribution < -0.4 is 0 Å². The summed E-state index contributed by atoms with van der Waals surface area (Å²) in [4.78, 5) is 23.4. The summed E-state index contributed by atoms with van der Waals surface area (Å²) in [5.74, 6) is -0.806. The van der Waals surface area contributed by atoms with Crippen molar-refractivity contribution >= 4 is 11.9 Å². The minimum atomic E-state index is -0.733. The quantitative estimate of drug-likeness (QED) is 0.0415. The second-order valence-electron chi connectivity index (χ2n) is 13.1. The van der Waals surface area contributed by atoms with Crippen molar-refractivity contribution in [2.24, 2.45) is 0 Å². The van der Waals surface area contributed by atoms with Crippen molar-refractivity contribution in [2.75, 3.05) is 0 Å². The Balaban J connectivity index is 4.04. The SMILES string of the molecule is CC/C=C\C/C=C\C/C=C\C/C=C\C/C=C\C/C=C\CCCCC(=O)OC(CCCCCCCCCCCCC)CCCCCC(=O)O. The smallest absolute Gasteiger partial charge is 0.306 e. The maximum atomic E-state index is 12.6. The van der Waals surface area contributed by atoms with Crippen LogP contribution in [0.3, 0.4) is 0 Å². The van der Waals surface area contributed by atoms with Crippen LogP contribution in [-0.2, 0) is 14.3 Å². The number of rotatable bonds is 35. The number of esters is 1. The van der Waals surface area contributed by atoms with Crippen LogP contribution in [0.4, 0.5) is 0 Å². The Morgan fingerprint density at radius 1 is 0.479 bits per heavy atom. The number of carbonyl (C=O) groups is 2. The summed E-state index contributed by atoms with van der Waals surface area (Å²) < 4.78 is 5.92. The Bertz CT molecular complexity index is 892. The van der Waals surface area contributed by atoms with E-state index in [-0.39, 0.29) is 18.5 Å². The van der Waals surface area contributed by atoms with Crippen LogP contribution in [0.15, 0.2) is 72.9 Å². The second kappa shape index (κ2) is 38.8. The molecule has 0 aromatic carbocycles. The van der Waals surface area contributed by atoms with Crippen LogP contribution in [0.25, 0.3) is 0 Å². The number of carboxylic acids is 1. The van der Waals surface area contributed by atoms with Crippen LogP contribution in [-0.4, -0.2) is 23.1 Å². The molecule has 0 aromatic heterocycles. The van der Waals surface area contributed by atoms with Gasteiger partial charge in [0.2, 0.25) is 0 Å². The summed E-state index contributed by atoms with van der Waals surface area (Å²) in [7, 11) is 0. The monoisotopic (exact) mass is 667 g/mol. The van der Waals surface area contributed by atoms with E-state index in [0.717, 1.165) is 89.9 Å². The van der Waals surface area contributed by atoms with Gasteiger partial charge in [0.05, 0.1) is 0 Å². The summed E-state index contributed by atoms with van der Waals surface area (Å²) >= 11 is 0. The first-order chi connectivity index (χ1) is 23.6. The average Bonchev–Trinajstić information content (AvgIpc) is 3.07. The second-order valence-corrected chi connectivity index (χ2v) is 13.1. The normalized spacial score (nSPS) is 13.0. The Labute approximate surface area is 297 Å². The molecule has 274 valence electrons. The summed E-state index contributed by atoms with van der Waals surface area (Å²) in [6.45, 7) is 4.42. The number of ether oxygens (including phenoxy) is 1. The third-order valence-electron chi connectivity index (χ3n) is 8.44. The molecule has 4 nitrogen and oxygen atoms in total. The highest BCUT2D eigenvalue weighted by atomic mass is 16.5. The Morgan fingerprint density at radius 3 is 1.33 bits per heavy atom. The Hall–Kier alpha value is -2.62. The molecular formula is C44H74O4. The molecule has 0 saturated carbocycles. The molecule has 0 aliphatic carbocycles. The minimum absolute atomic E-state index is 0.0238. The lowest BCUT2D eigenvalue weighted by Crippen LogP contribution is -2.18. The predicted octanol–water partition coefficient (Wildman–Crippen LogP) is 13.9. The molecule has 4 heteroatoms. The van der Waals surface area contributed by atoms with Gasteiger partial charge in [-0.1, -0.05) is 157 Å². The van der Waals surface area contributed by atoms with E-state index in [1.54, 1.807) is 0 Å². The van der Waals surface area contributed by atoms with Gasteiger partial charge in [-0.3, -0.25) is 9.59 Å². The molecule has 0 spiro atoms. The fourth-order valence-corrected chi connectivity index (χ4v) is 5.54. The number of hydrogen-bond acceptors (Lipinski definition) is 3. The molecule has 0 aromatic rings. The number of unbranched alkanes of at least 4 members (excludes halogenated alkanes) is 14. The van der Waals surface area contributed by atoms with E-state index in [2.05, 4.69) is 86.8 Å². The van der Waals surface area contributed by atoms with Gasteiger partial charge in [0.25, 0.3) is 0 Å². The topological polar surface area (TPSA) is 63.6 Å². The van der Waals surface area contributed by atoms with Gasteiger partial charge >= 0.3 is 11.9 Å². The van der Waals surface area contributed by atoms with E-state index in [9.17, 15) is 9.59 Å². The number of carboxylic acid groups (broad SMARTS) is 1. The van der Waals surface area contributed by atoms with Crippen LogP contribution >= 0.6 is 0 Å². The molecule has 48 heavy (non-hydrogen) atoms. The standard InChI is InChI=1S/C44H74O4/c1-3-5-7-9-11-13-15-16-17-18-19-20-21-22-23-24-26-28-30-32-37-41-44(47)48-42(39-35-33-36-40-43(45)46)38-34-31-29-27-25-14-12-10-8-6-4-2/h5,7,11,13,16-17,19-20,22-23,26,28,42H,3-4,6,8-10,12,14-15,18,21,24-25,27,29-41H2,1-2H3,(H,45,46)/b7-5-,13-11-,17-16-,20-19-,23-22-,28-26-. The zero-order valence-corrected chi connectivity index (χ0v) is 31.3. The average molecular weight is 667 g/mol. The first kappa shape index (κ1) is 45.4. The number of hydrogen-bond donors (Lipinski definition) is 1. The molecular weight excluding hydrogens is 592 g/mol. The zero-order valence-electron chi connectivity index (χ0n) is 31.3. The largest absolute Gasteiger partial charge is 0.481 e. The molecule has 0 aliphatic heterocycles.